The fraction of sp³-hybridized carbons (Fsp3) is 0.208. The van der Waals surface area contributed by atoms with Gasteiger partial charge in [-0.2, -0.15) is 0 Å². The van der Waals surface area contributed by atoms with E-state index in [4.69, 9.17) is 9.47 Å². The Kier molecular flexibility index (Phi) is 6.12. The summed E-state index contributed by atoms with van der Waals surface area (Å²) >= 11 is 0. The molecule has 3 aromatic carbocycles. The van der Waals surface area contributed by atoms with Crippen LogP contribution in [-0.2, 0) is 15.1 Å². The quantitative estimate of drug-likeness (QED) is 0.497. The number of benzene rings is 3. The van der Waals surface area contributed by atoms with Crippen molar-refractivity contribution < 1.29 is 19.4 Å². The first-order valence-corrected chi connectivity index (χ1v) is 9.22. The van der Waals surface area contributed by atoms with Gasteiger partial charge in [0.15, 0.2) is 0 Å². The Morgan fingerprint density at radius 2 is 1.43 bits per heavy atom. The highest BCUT2D eigenvalue weighted by Crippen LogP contribution is 2.31. The SMILES string of the molecule is Cc1ccc(C)c(OCCOC(=O)C(O)(c2ccccc2)c2ccccc2)c1. The molecule has 0 fully saturated rings. The number of hydrogen-bond donors (Lipinski definition) is 1. The average molecular weight is 376 g/mol. The molecule has 0 amide bonds. The molecule has 0 saturated heterocycles. The first kappa shape index (κ1) is 19.6. The highest BCUT2D eigenvalue weighted by atomic mass is 16.6. The van der Waals surface area contributed by atoms with Crippen molar-refractivity contribution in [1.82, 2.24) is 0 Å². The summed E-state index contributed by atoms with van der Waals surface area (Å²) in [4.78, 5) is 12.9. The number of aliphatic hydroxyl groups is 1. The van der Waals surface area contributed by atoms with Crippen LogP contribution in [0.25, 0.3) is 0 Å². The summed E-state index contributed by atoms with van der Waals surface area (Å²) in [6.07, 6.45) is 0. The third kappa shape index (κ3) is 4.24. The fourth-order valence-corrected chi connectivity index (χ4v) is 3.01. The monoisotopic (exact) mass is 376 g/mol. The van der Waals surface area contributed by atoms with E-state index in [2.05, 4.69) is 0 Å². The minimum absolute atomic E-state index is 0.0359. The third-order valence-corrected chi connectivity index (χ3v) is 4.60. The van der Waals surface area contributed by atoms with Gasteiger partial charge in [-0.1, -0.05) is 72.8 Å². The van der Waals surface area contributed by atoms with Gasteiger partial charge in [0, 0.05) is 0 Å². The van der Waals surface area contributed by atoms with Gasteiger partial charge in [-0.05, 0) is 42.2 Å². The molecule has 3 rings (SSSR count). The zero-order valence-corrected chi connectivity index (χ0v) is 16.1. The van der Waals surface area contributed by atoms with Crippen LogP contribution >= 0.6 is 0 Å². The Hall–Kier alpha value is -3.11. The highest BCUT2D eigenvalue weighted by molar-refractivity contribution is 5.85. The van der Waals surface area contributed by atoms with Crippen LogP contribution in [0.15, 0.2) is 78.9 Å². The minimum Gasteiger partial charge on any atom is -0.490 e. The standard InChI is InChI=1S/C24H24O4/c1-18-13-14-19(2)22(17-18)27-15-16-28-23(25)24(26,20-9-5-3-6-10-20)21-11-7-4-8-12-21/h3-14,17,26H,15-16H2,1-2H3. The van der Waals surface area contributed by atoms with Crippen LogP contribution in [0.4, 0.5) is 0 Å². The lowest BCUT2D eigenvalue weighted by Gasteiger charge is -2.27. The van der Waals surface area contributed by atoms with Gasteiger partial charge in [-0.3, -0.25) is 0 Å². The summed E-state index contributed by atoms with van der Waals surface area (Å²) in [5.41, 5.74) is 1.16. The summed E-state index contributed by atoms with van der Waals surface area (Å²) in [5.74, 6) is 0.0342. The minimum atomic E-state index is -1.87. The molecule has 3 aromatic rings. The van der Waals surface area contributed by atoms with Gasteiger partial charge >= 0.3 is 5.97 Å². The van der Waals surface area contributed by atoms with Crippen LogP contribution in [0.5, 0.6) is 5.75 Å². The normalized spacial score (nSPS) is 11.1. The van der Waals surface area contributed by atoms with Crippen molar-refractivity contribution in [3.63, 3.8) is 0 Å². The molecule has 4 heteroatoms. The van der Waals surface area contributed by atoms with Crippen LogP contribution in [0.2, 0.25) is 0 Å². The van der Waals surface area contributed by atoms with Crippen molar-refractivity contribution in [3.05, 3.63) is 101 Å². The summed E-state index contributed by atoms with van der Waals surface area (Å²) in [6.45, 7) is 4.19. The smallest absolute Gasteiger partial charge is 0.347 e. The molecule has 1 N–H and O–H groups in total. The molecule has 0 aliphatic heterocycles. The summed E-state index contributed by atoms with van der Waals surface area (Å²) < 4.78 is 11.1. The van der Waals surface area contributed by atoms with Crippen molar-refractivity contribution in [1.29, 1.82) is 0 Å². The lowest BCUT2D eigenvalue weighted by Crippen LogP contribution is -2.39. The van der Waals surface area contributed by atoms with Gasteiger partial charge in [0.2, 0.25) is 5.60 Å². The zero-order valence-electron chi connectivity index (χ0n) is 16.1. The Morgan fingerprint density at radius 1 is 0.857 bits per heavy atom. The van der Waals surface area contributed by atoms with Crippen LogP contribution in [-0.4, -0.2) is 24.3 Å². The van der Waals surface area contributed by atoms with Gasteiger partial charge in [-0.15, -0.1) is 0 Å². The summed E-state index contributed by atoms with van der Waals surface area (Å²) in [5, 5.41) is 11.3. The lowest BCUT2D eigenvalue weighted by atomic mass is 9.86. The van der Waals surface area contributed by atoms with E-state index < -0.39 is 11.6 Å². The molecule has 144 valence electrons. The molecular formula is C24H24O4. The Bertz CT molecular complexity index is 880. The van der Waals surface area contributed by atoms with Gasteiger partial charge in [-0.25, -0.2) is 4.79 Å². The maximum Gasteiger partial charge on any atom is 0.347 e. The van der Waals surface area contributed by atoms with Gasteiger partial charge in [0.25, 0.3) is 0 Å². The van der Waals surface area contributed by atoms with Gasteiger partial charge < -0.3 is 14.6 Å². The Labute approximate surface area is 165 Å². The van der Waals surface area contributed by atoms with Crippen molar-refractivity contribution in [2.45, 2.75) is 19.4 Å². The topological polar surface area (TPSA) is 55.8 Å². The molecule has 0 aliphatic rings. The lowest BCUT2D eigenvalue weighted by molar-refractivity contribution is -0.162. The molecule has 0 aliphatic carbocycles. The predicted octanol–water partition coefficient (Wildman–Crippen LogP) is 4.16. The maximum atomic E-state index is 12.9. The molecule has 0 atom stereocenters. The predicted molar refractivity (Wildman–Crippen MR) is 108 cm³/mol. The molecular weight excluding hydrogens is 352 g/mol. The number of esters is 1. The number of carbonyl (C=O) groups is 1. The van der Waals surface area contributed by atoms with Crippen molar-refractivity contribution in [2.24, 2.45) is 0 Å². The van der Waals surface area contributed by atoms with E-state index in [0.717, 1.165) is 16.9 Å². The molecule has 0 radical (unpaired) electrons. The first-order chi connectivity index (χ1) is 13.5. The van der Waals surface area contributed by atoms with Crippen LogP contribution in [0.1, 0.15) is 22.3 Å². The molecule has 0 spiro atoms. The molecule has 28 heavy (non-hydrogen) atoms. The second-order valence-electron chi connectivity index (χ2n) is 6.70. The number of ether oxygens (including phenoxy) is 2. The van der Waals surface area contributed by atoms with Crippen LogP contribution in [0.3, 0.4) is 0 Å². The first-order valence-electron chi connectivity index (χ1n) is 9.22. The molecule has 0 bridgehead atoms. The average Bonchev–Trinajstić information content (AvgIpc) is 2.74. The molecule has 4 nitrogen and oxygen atoms in total. The third-order valence-electron chi connectivity index (χ3n) is 4.60. The Balaban J connectivity index is 1.71. The highest BCUT2D eigenvalue weighted by Gasteiger charge is 2.41. The van der Waals surface area contributed by atoms with Crippen LogP contribution in [0, 0.1) is 13.8 Å². The maximum absolute atomic E-state index is 12.9. The summed E-state index contributed by atoms with van der Waals surface area (Å²) in [7, 11) is 0. The van der Waals surface area contributed by atoms with Gasteiger partial charge in [0.1, 0.15) is 19.0 Å². The molecule has 0 saturated carbocycles. The van der Waals surface area contributed by atoms with Crippen LogP contribution < -0.4 is 4.74 Å². The van der Waals surface area contributed by atoms with E-state index in [1.807, 2.05) is 44.2 Å². The summed E-state index contributed by atoms with van der Waals surface area (Å²) in [6, 6.07) is 23.6. The number of carbonyl (C=O) groups excluding carboxylic acids is 1. The second kappa shape index (κ2) is 8.72. The number of rotatable bonds is 7. The number of aryl methyl sites for hydroxylation is 2. The number of hydrogen-bond acceptors (Lipinski definition) is 4. The largest absolute Gasteiger partial charge is 0.490 e. The van der Waals surface area contributed by atoms with Crippen molar-refractivity contribution in [2.75, 3.05) is 13.2 Å². The molecule has 0 unspecified atom stereocenters. The van der Waals surface area contributed by atoms with Crippen molar-refractivity contribution >= 4 is 5.97 Å². The van der Waals surface area contributed by atoms with E-state index >= 15 is 0 Å². The fourth-order valence-electron chi connectivity index (χ4n) is 3.01. The molecule has 0 heterocycles. The van der Waals surface area contributed by atoms with E-state index in [-0.39, 0.29) is 13.2 Å². The molecule has 0 aromatic heterocycles. The van der Waals surface area contributed by atoms with E-state index in [1.165, 1.54) is 0 Å². The van der Waals surface area contributed by atoms with Crippen molar-refractivity contribution in [3.8, 4) is 5.75 Å². The van der Waals surface area contributed by atoms with E-state index in [9.17, 15) is 9.90 Å². The second-order valence-corrected chi connectivity index (χ2v) is 6.70. The Morgan fingerprint density at radius 3 is 2.00 bits per heavy atom. The van der Waals surface area contributed by atoms with Gasteiger partial charge in [0.05, 0.1) is 0 Å². The zero-order chi connectivity index (χ0) is 20.0. The van der Waals surface area contributed by atoms with E-state index in [1.54, 1.807) is 48.5 Å². The van der Waals surface area contributed by atoms with E-state index in [0.29, 0.717) is 11.1 Å².